The minimum absolute atomic E-state index is 0.0851. The van der Waals surface area contributed by atoms with Gasteiger partial charge in [0, 0.05) is 11.1 Å². The summed E-state index contributed by atoms with van der Waals surface area (Å²) in [6, 6.07) is 10.2. The Labute approximate surface area is 129 Å². The Morgan fingerprint density at radius 2 is 1.90 bits per heavy atom. The van der Waals surface area contributed by atoms with E-state index in [-0.39, 0.29) is 5.84 Å². The molecule has 110 valence electrons. The average Bonchev–Trinajstić information content (AvgIpc) is 2.47. The van der Waals surface area contributed by atoms with Gasteiger partial charge in [-0.1, -0.05) is 42.9 Å². The number of aryl methyl sites for hydroxylation is 1. The van der Waals surface area contributed by atoms with E-state index >= 15 is 0 Å². The van der Waals surface area contributed by atoms with E-state index in [0.29, 0.717) is 11.5 Å². The predicted octanol–water partition coefficient (Wildman–Crippen LogP) is 3.76. The number of rotatable bonds is 4. The Kier molecular flexibility index (Phi) is 4.85. The van der Waals surface area contributed by atoms with Crippen molar-refractivity contribution in [1.82, 2.24) is 4.98 Å². The Morgan fingerprint density at radius 1 is 1.24 bits per heavy atom. The molecule has 1 heterocycles. The van der Waals surface area contributed by atoms with E-state index in [9.17, 15) is 0 Å². The van der Waals surface area contributed by atoms with Crippen LogP contribution in [0.25, 0.3) is 0 Å². The van der Waals surface area contributed by atoms with E-state index in [0.717, 1.165) is 15.5 Å². The number of nitrogens with two attached hydrogens (primary N) is 1. The standard InChI is InChI=1S/C16H19N3OS/c1-10(2)12-4-6-13(7-5-12)21-16-14(15(17)19-20)11(3)8-9-18-16/h4-10,20H,1-3H3,(H2,17,19). The fourth-order valence-corrected chi connectivity index (χ4v) is 2.98. The highest BCUT2D eigenvalue weighted by Gasteiger charge is 2.13. The zero-order valence-corrected chi connectivity index (χ0v) is 13.2. The lowest BCUT2D eigenvalue weighted by Gasteiger charge is -2.10. The highest BCUT2D eigenvalue weighted by molar-refractivity contribution is 7.99. The van der Waals surface area contributed by atoms with Crippen LogP contribution in [0.2, 0.25) is 0 Å². The summed E-state index contributed by atoms with van der Waals surface area (Å²) < 4.78 is 0. The molecule has 0 atom stereocenters. The normalized spacial score (nSPS) is 11.9. The molecule has 1 aromatic heterocycles. The van der Waals surface area contributed by atoms with Crippen LogP contribution in [0.5, 0.6) is 0 Å². The minimum Gasteiger partial charge on any atom is -0.409 e. The number of aromatic nitrogens is 1. The molecule has 1 aromatic carbocycles. The number of pyridine rings is 1. The zero-order chi connectivity index (χ0) is 15.4. The van der Waals surface area contributed by atoms with Gasteiger partial charge in [0.25, 0.3) is 0 Å². The molecule has 0 radical (unpaired) electrons. The monoisotopic (exact) mass is 301 g/mol. The second-order valence-electron chi connectivity index (χ2n) is 5.12. The van der Waals surface area contributed by atoms with E-state index < -0.39 is 0 Å². The molecule has 0 aliphatic rings. The van der Waals surface area contributed by atoms with Crippen LogP contribution in [-0.4, -0.2) is 16.0 Å². The molecule has 2 aromatic rings. The van der Waals surface area contributed by atoms with E-state index in [1.165, 1.54) is 17.3 Å². The lowest BCUT2D eigenvalue weighted by molar-refractivity contribution is 0.318. The summed E-state index contributed by atoms with van der Waals surface area (Å²) in [5.41, 5.74) is 8.67. The molecule has 5 heteroatoms. The van der Waals surface area contributed by atoms with Crippen LogP contribution in [0.1, 0.15) is 36.5 Å². The van der Waals surface area contributed by atoms with E-state index in [1.807, 2.05) is 13.0 Å². The Hall–Kier alpha value is -2.01. The third kappa shape index (κ3) is 3.55. The molecule has 0 aliphatic heterocycles. The van der Waals surface area contributed by atoms with Crippen LogP contribution in [0.3, 0.4) is 0 Å². The van der Waals surface area contributed by atoms with Crippen LogP contribution < -0.4 is 5.73 Å². The van der Waals surface area contributed by atoms with Crippen LogP contribution in [0, 0.1) is 6.92 Å². The molecule has 0 aliphatic carbocycles. The van der Waals surface area contributed by atoms with Crippen molar-refractivity contribution < 1.29 is 5.21 Å². The van der Waals surface area contributed by atoms with Crippen molar-refractivity contribution in [3.63, 3.8) is 0 Å². The zero-order valence-electron chi connectivity index (χ0n) is 12.4. The molecular formula is C16H19N3OS. The number of benzene rings is 1. The topological polar surface area (TPSA) is 71.5 Å². The van der Waals surface area contributed by atoms with Gasteiger partial charge in [0.1, 0.15) is 5.03 Å². The smallest absolute Gasteiger partial charge is 0.173 e. The van der Waals surface area contributed by atoms with Crippen molar-refractivity contribution in [3.8, 4) is 0 Å². The molecule has 3 N–H and O–H groups in total. The number of oxime groups is 1. The third-order valence-corrected chi connectivity index (χ3v) is 4.26. The van der Waals surface area contributed by atoms with Gasteiger partial charge in [-0.25, -0.2) is 4.98 Å². The Morgan fingerprint density at radius 3 is 2.48 bits per heavy atom. The molecule has 0 saturated carbocycles. The molecular weight excluding hydrogens is 282 g/mol. The summed E-state index contributed by atoms with van der Waals surface area (Å²) in [5, 5.41) is 12.8. The van der Waals surface area contributed by atoms with Crippen molar-refractivity contribution in [2.24, 2.45) is 10.9 Å². The average molecular weight is 301 g/mol. The maximum absolute atomic E-state index is 8.93. The van der Waals surface area contributed by atoms with Crippen molar-refractivity contribution in [1.29, 1.82) is 0 Å². The molecule has 0 saturated heterocycles. The first-order chi connectivity index (χ1) is 10.0. The third-order valence-electron chi connectivity index (χ3n) is 3.25. The molecule has 0 bridgehead atoms. The van der Waals surface area contributed by atoms with Gasteiger partial charge in [0.05, 0.1) is 5.56 Å². The van der Waals surface area contributed by atoms with Gasteiger partial charge in [0.2, 0.25) is 0 Å². The molecule has 0 spiro atoms. The summed E-state index contributed by atoms with van der Waals surface area (Å²) in [4.78, 5) is 5.43. The first-order valence-corrected chi connectivity index (χ1v) is 7.56. The second kappa shape index (κ2) is 6.63. The van der Waals surface area contributed by atoms with Gasteiger partial charge in [-0.3, -0.25) is 0 Å². The van der Waals surface area contributed by atoms with E-state index in [4.69, 9.17) is 10.9 Å². The fourth-order valence-electron chi connectivity index (χ4n) is 2.00. The second-order valence-corrected chi connectivity index (χ2v) is 6.18. The maximum Gasteiger partial charge on any atom is 0.173 e. The van der Waals surface area contributed by atoms with Crippen molar-refractivity contribution in [2.75, 3.05) is 0 Å². The lowest BCUT2D eigenvalue weighted by Crippen LogP contribution is -2.16. The fraction of sp³-hybridized carbons (Fsp3) is 0.250. The minimum atomic E-state index is 0.0851. The van der Waals surface area contributed by atoms with Crippen LogP contribution >= 0.6 is 11.8 Å². The summed E-state index contributed by atoms with van der Waals surface area (Å²) in [6.07, 6.45) is 1.73. The van der Waals surface area contributed by atoms with Crippen LogP contribution in [-0.2, 0) is 0 Å². The predicted molar refractivity (Wildman–Crippen MR) is 86.1 cm³/mol. The van der Waals surface area contributed by atoms with Gasteiger partial charge in [-0.2, -0.15) is 0 Å². The van der Waals surface area contributed by atoms with Gasteiger partial charge in [-0.15, -0.1) is 0 Å². The number of hydrogen-bond donors (Lipinski definition) is 2. The van der Waals surface area contributed by atoms with Crippen molar-refractivity contribution in [2.45, 2.75) is 36.6 Å². The van der Waals surface area contributed by atoms with E-state index in [1.54, 1.807) is 6.20 Å². The molecule has 0 unspecified atom stereocenters. The summed E-state index contributed by atoms with van der Waals surface area (Å²) in [5.74, 6) is 0.593. The largest absolute Gasteiger partial charge is 0.409 e. The molecule has 0 fully saturated rings. The highest BCUT2D eigenvalue weighted by atomic mass is 32.2. The van der Waals surface area contributed by atoms with Crippen LogP contribution in [0.4, 0.5) is 0 Å². The van der Waals surface area contributed by atoms with Crippen molar-refractivity contribution >= 4 is 17.6 Å². The molecule has 21 heavy (non-hydrogen) atoms. The Bertz CT molecular complexity index is 651. The SMILES string of the molecule is Cc1ccnc(Sc2ccc(C(C)C)cc2)c1/C(N)=N/O. The number of nitrogens with zero attached hydrogens (tertiary/aromatic N) is 2. The molecule has 4 nitrogen and oxygen atoms in total. The van der Waals surface area contributed by atoms with Crippen LogP contribution in [0.15, 0.2) is 51.6 Å². The van der Waals surface area contributed by atoms with Crippen molar-refractivity contribution in [3.05, 3.63) is 53.2 Å². The van der Waals surface area contributed by atoms with Gasteiger partial charge >= 0.3 is 0 Å². The molecule has 0 amide bonds. The highest BCUT2D eigenvalue weighted by Crippen LogP contribution is 2.31. The summed E-state index contributed by atoms with van der Waals surface area (Å²) in [7, 11) is 0. The Balaban J connectivity index is 2.33. The van der Waals surface area contributed by atoms with Gasteiger partial charge in [-0.05, 0) is 42.2 Å². The first-order valence-electron chi connectivity index (χ1n) is 6.74. The summed E-state index contributed by atoms with van der Waals surface area (Å²) >= 11 is 1.51. The maximum atomic E-state index is 8.93. The van der Waals surface area contributed by atoms with E-state index in [2.05, 4.69) is 48.3 Å². The number of amidine groups is 1. The van der Waals surface area contributed by atoms with Gasteiger partial charge < -0.3 is 10.9 Å². The quantitative estimate of drug-likeness (QED) is 0.390. The van der Waals surface area contributed by atoms with Gasteiger partial charge in [0.15, 0.2) is 5.84 Å². The lowest BCUT2D eigenvalue weighted by atomic mass is 10.0. The first kappa shape index (κ1) is 15.4. The summed E-state index contributed by atoms with van der Waals surface area (Å²) in [6.45, 7) is 6.25. The molecule has 2 rings (SSSR count). The number of hydrogen-bond acceptors (Lipinski definition) is 4.